The van der Waals surface area contributed by atoms with Gasteiger partial charge in [-0.3, -0.25) is 14.5 Å². The Balaban J connectivity index is 1.54. The predicted octanol–water partition coefficient (Wildman–Crippen LogP) is 4.09. The molecule has 0 bridgehead atoms. The fourth-order valence-electron chi connectivity index (χ4n) is 3.27. The van der Waals surface area contributed by atoms with E-state index in [9.17, 15) is 14.7 Å². The lowest BCUT2D eigenvalue weighted by Crippen LogP contribution is -2.37. The Morgan fingerprint density at radius 3 is 2.45 bits per heavy atom. The normalized spacial score (nSPS) is 13.4. The van der Waals surface area contributed by atoms with Gasteiger partial charge in [-0.05, 0) is 56.0 Å². The fourth-order valence-corrected chi connectivity index (χ4v) is 3.44. The summed E-state index contributed by atoms with van der Waals surface area (Å²) in [6.45, 7) is 4.65. The first-order valence-corrected chi connectivity index (χ1v) is 10.1. The maximum Gasteiger partial charge on any atom is 0.238 e. The number of amides is 2. The molecule has 0 aliphatic heterocycles. The predicted molar refractivity (Wildman–Crippen MR) is 116 cm³/mol. The lowest BCUT2D eigenvalue weighted by atomic mass is 10.1. The highest BCUT2D eigenvalue weighted by Gasteiger charge is 2.30. The molecular formula is C22H26ClN3O3. The molecule has 2 aromatic carbocycles. The molecule has 0 unspecified atom stereocenters. The summed E-state index contributed by atoms with van der Waals surface area (Å²) in [7, 11) is 0. The Morgan fingerprint density at radius 2 is 1.79 bits per heavy atom. The molecule has 6 nitrogen and oxygen atoms in total. The Kier molecular flexibility index (Phi) is 6.77. The van der Waals surface area contributed by atoms with Gasteiger partial charge in [0.2, 0.25) is 11.8 Å². The number of carbonyl (C=O) groups is 2. The van der Waals surface area contributed by atoms with Crippen LogP contribution in [0.2, 0.25) is 5.02 Å². The van der Waals surface area contributed by atoms with Gasteiger partial charge in [-0.2, -0.15) is 0 Å². The highest BCUT2D eigenvalue weighted by molar-refractivity contribution is 6.31. The molecule has 0 radical (unpaired) electrons. The molecule has 7 heteroatoms. The maximum atomic E-state index is 12.6. The van der Waals surface area contributed by atoms with Crippen LogP contribution in [0.3, 0.4) is 0 Å². The Morgan fingerprint density at radius 1 is 1.10 bits per heavy atom. The molecule has 0 saturated heterocycles. The SMILES string of the molecule is Cc1cccc(C)c1NC(=O)CN(CCC(=O)Nc1cc(Cl)ccc1O)C1CC1. The quantitative estimate of drug-likeness (QED) is 0.567. The van der Waals surface area contributed by atoms with Crippen LogP contribution in [-0.4, -0.2) is 41.0 Å². The van der Waals surface area contributed by atoms with Crippen molar-refractivity contribution in [1.82, 2.24) is 4.90 Å². The highest BCUT2D eigenvalue weighted by atomic mass is 35.5. The maximum absolute atomic E-state index is 12.6. The van der Waals surface area contributed by atoms with Gasteiger partial charge in [0.25, 0.3) is 0 Å². The number of rotatable bonds is 8. The smallest absolute Gasteiger partial charge is 0.238 e. The standard InChI is InChI=1S/C22H26ClN3O3/c1-14-4-3-5-15(2)22(14)25-21(29)13-26(17-7-8-17)11-10-20(28)24-18-12-16(23)6-9-19(18)27/h3-6,9,12,17,27H,7-8,10-11,13H2,1-2H3,(H,24,28)(H,25,29). The van der Waals surface area contributed by atoms with Gasteiger partial charge in [0, 0.05) is 29.7 Å². The summed E-state index contributed by atoms with van der Waals surface area (Å²) >= 11 is 5.91. The van der Waals surface area contributed by atoms with Crippen molar-refractivity contribution in [2.45, 2.75) is 39.2 Å². The van der Waals surface area contributed by atoms with Crippen LogP contribution in [0.15, 0.2) is 36.4 Å². The van der Waals surface area contributed by atoms with Crippen LogP contribution < -0.4 is 10.6 Å². The molecule has 154 valence electrons. The van der Waals surface area contributed by atoms with Crippen LogP contribution in [-0.2, 0) is 9.59 Å². The molecule has 2 aromatic rings. The van der Waals surface area contributed by atoms with Crippen molar-refractivity contribution in [1.29, 1.82) is 0 Å². The minimum absolute atomic E-state index is 0.0326. The molecule has 3 rings (SSSR count). The van der Waals surface area contributed by atoms with Gasteiger partial charge in [0.15, 0.2) is 0 Å². The lowest BCUT2D eigenvalue weighted by molar-refractivity contribution is -0.119. The number of nitrogens with one attached hydrogen (secondary N) is 2. The van der Waals surface area contributed by atoms with Crippen molar-refractivity contribution >= 4 is 34.8 Å². The van der Waals surface area contributed by atoms with Crippen LogP contribution in [0.25, 0.3) is 0 Å². The van der Waals surface area contributed by atoms with E-state index in [-0.39, 0.29) is 36.2 Å². The number of anilines is 2. The third-order valence-electron chi connectivity index (χ3n) is 5.01. The van der Waals surface area contributed by atoms with Crippen LogP contribution >= 0.6 is 11.6 Å². The number of para-hydroxylation sites is 1. The minimum Gasteiger partial charge on any atom is -0.506 e. The van der Waals surface area contributed by atoms with Gasteiger partial charge in [-0.25, -0.2) is 0 Å². The number of hydrogen-bond acceptors (Lipinski definition) is 4. The van der Waals surface area contributed by atoms with E-state index in [1.165, 1.54) is 12.1 Å². The average molecular weight is 416 g/mol. The zero-order valence-corrected chi connectivity index (χ0v) is 17.4. The summed E-state index contributed by atoms with van der Waals surface area (Å²) in [5.41, 5.74) is 3.18. The van der Waals surface area contributed by atoms with Gasteiger partial charge >= 0.3 is 0 Å². The first-order chi connectivity index (χ1) is 13.8. The number of phenolic OH excluding ortho intramolecular Hbond substituents is 1. The molecular weight excluding hydrogens is 390 g/mol. The van der Waals surface area contributed by atoms with Crippen molar-refractivity contribution in [3.63, 3.8) is 0 Å². The monoisotopic (exact) mass is 415 g/mol. The van der Waals surface area contributed by atoms with E-state index in [0.29, 0.717) is 17.6 Å². The van der Waals surface area contributed by atoms with Crippen molar-refractivity contribution in [2.75, 3.05) is 23.7 Å². The molecule has 0 atom stereocenters. The third kappa shape index (κ3) is 5.95. The van der Waals surface area contributed by atoms with E-state index in [4.69, 9.17) is 11.6 Å². The van der Waals surface area contributed by atoms with E-state index >= 15 is 0 Å². The van der Waals surface area contributed by atoms with Crippen LogP contribution in [0, 0.1) is 13.8 Å². The summed E-state index contributed by atoms with van der Waals surface area (Å²) in [5.74, 6) is -0.347. The van der Waals surface area contributed by atoms with E-state index in [2.05, 4.69) is 10.6 Å². The minimum atomic E-state index is -0.233. The second-order valence-electron chi connectivity index (χ2n) is 7.48. The second-order valence-corrected chi connectivity index (χ2v) is 7.91. The number of aryl methyl sites for hydroxylation is 2. The summed E-state index contributed by atoms with van der Waals surface area (Å²) in [6, 6.07) is 10.7. The first kappa shape index (κ1) is 21.1. The van der Waals surface area contributed by atoms with Gasteiger partial charge in [0.1, 0.15) is 5.75 Å². The van der Waals surface area contributed by atoms with Gasteiger partial charge in [0.05, 0.1) is 12.2 Å². The van der Waals surface area contributed by atoms with Gasteiger partial charge in [-0.1, -0.05) is 29.8 Å². The number of benzene rings is 2. The van der Waals surface area contributed by atoms with E-state index in [0.717, 1.165) is 29.7 Å². The molecule has 1 aliphatic rings. The Bertz CT molecular complexity index is 892. The zero-order chi connectivity index (χ0) is 21.0. The summed E-state index contributed by atoms with van der Waals surface area (Å²) < 4.78 is 0. The molecule has 0 spiro atoms. The number of aromatic hydroxyl groups is 1. The number of hydrogen-bond donors (Lipinski definition) is 3. The van der Waals surface area contributed by atoms with Crippen molar-refractivity contribution in [3.05, 3.63) is 52.5 Å². The van der Waals surface area contributed by atoms with Crippen LogP contribution in [0.1, 0.15) is 30.4 Å². The molecule has 3 N–H and O–H groups in total. The number of phenols is 1. The zero-order valence-electron chi connectivity index (χ0n) is 16.7. The third-order valence-corrected chi connectivity index (χ3v) is 5.25. The molecule has 2 amide bonds. The Labute approximate surface area is 175 Å². The van der Waals surface area contributed by atoms with Gasteiger partial charge in [-0.15, -0.1) is 0 Å². The molecule has 0 aromatic heterocycles. The van der Waals surface area contributed by atoms with Crippen molar-refractivity contribution in [2.24, 2.45) is 0 Å². The molecule has 0 heterocycles. The fraction of sp³-hybridized carbons (Fsp3) is 0.364. The number of carbonyl (C=O) groups excluding carboxylic acids is 2. The average Bonchev–Trinajstić information content (AvgIpc) is 3.50. The molecule has 29 heavy (non-hydrogen) atoms. The topological polar surface area (TPSA) is 81.7 Å². The van der Waals surface area contributed by atoms with E-state index < -0.39 is 0 Å². The number of halogens is 1. The largest absolute Gasteiger partial charge is 0.506 e. The van der Waals surface area contributed by atoms with Crippen molar-refractivity contribution < 1.29 is 14.7 Å². The highest BCUT2D eigenvalue weighted by Crippen LogP contribution is 2.28. The summed E-state index contributed by atoms with van der Waals surface area (Å²) in [6.07, 6.45) is 2.29. The van der Waals surface area contributed by atoms with Crippen molar-refractivity contribution in [3.8, 4) is 5.75 Å². The lowest BCUT2D eigenvalue weighted by Gasteiger charge is -2.22. The number of nitrogens with zero attached hydrogens (tertiary/aromatic N) is 1. The molecule has 1 saturated carbocycles. The van der Waals surface area contributed by atoms with Gasteiger partial charge < -0.3 is 15.7 Å². The summed E-state index contributed by atoms with van der Waals surface area (Å²) in [5, 5.41) is 15.9. The first-order valence-electron chi connectivity index (χ1n) is 9.72. The Hall–Kier alpha value is -2.57. The molecule has 1 fully saturated rings. The van der Waals surface area contributed by atoms with Crippen LogP contribution in [0.5, 0.6) is 5.75 Å². The van der Waals surface area contributed by atoms with E-state index in [1.54, 1.807) is 6.07 Å². The van der Waals surface area contributed by atoms with E-state index in [1.807, 2.05) is 36.9 Å². The summed E-state index contributed by atoms with van der Waals surface area (Å²) in [4.78, 5) is 26.9. The van der Waals surface area contributed by atoms with Crippen LogP contribution in [0.4, 0.5) is 11.4 Å². The molecule has 1 aliphatic carbocycles. The second kappa shape index (κ2) is 9.29.